The van der Waals surface area contributed by atoms with Gasteiger partial charge >= 0.3 is 12.0 Å². The summed E-state index contributed by atoms with van der Waals surface area (Å²) in [5.74, 6) is -0.784. The number of nitrogens with one attached hydrogen (secondary N) is 1. The Morgan fingerprint density at radius 3 is 2.67 bits per heavy atom. The van der Waals surface area contributed by atoms with Crippen LogP contribution in [0, 0.1) is 0 Å². The summed E-state index contributed by atoms with van der Waals surface area (Å²) in [6.45, 7) is 3.77. The lowest BCUT2D eigenvalue weighted by Crippen LogP contribution is -2.52. The van der Waals surface area contributed by atoms with E-state index in [2.05, 4.69) is 15.1 Å². The van der Waals surface area contributed by atoms with Crippen LogP contribution >= 0.6 is 0 Å². The van der Waals surface area contributed by atoms with Gasteiger partial charge in [0.1, 0.15) is 0 Å². The topological polar surface area (TPSA) is 92.8 Å². The first-order chi connectivity index (χ1) is 10.1. The number of hydrogen-bond acceptors (Lipinski definition) is 4. The number of carbonyl (C=O) groups excluding carboxylic acids is 1. The summed E-state index contributed by atoms with van der Waals surface area (Å²) in [6, 6.07) is -0.00548. The molecule has 116 valence electrons. The summed E-state index contributed by atoms with van der Waals surface area (Å²) in [5, 5.41) is 15.3. The highest BCUT2D eigenvalue weighted by atomic mass is 16.4. The fraction of sp³-hybridized carbons (Fsp3) is 0.615. The molecule has 2 N–H and O–H groups in total. The molecule has 1 aromatic heterocycles. The van der Waals surface area contributed by atoms with Gasteiger partial charge in [-0.05, 0) is 0 Å². The summed E-state index contributed by atoms with van der Waals surface area (Å²) < 4.78 is 0. The number of aliphatic carboxylic acids is 1. The van der Waals surface area contributed by atoms with Crippen molar-refractivity contribution in [1.82, 2.24) is 24.9 Å². The van der Waals surface area contributed by atoms with Crippen molar-refractivity contribution in [1.29, 1.82) is 0 Å². The summed E-state index contributed by atoms with van der Waals surface area (Å²) in [5.41, 5.74) is 0.964. The smallest absolute Gasteiger partial charge is 0.320 e. The molecule has 0 aromatic carbocycles. The van der Waals surface area contributed by atoms with Crippen molar-refractivity contribution in [3.8, 4) is 0 Å². The van der Waals surface area contributed by atoms with E-state index in [4.69, 9.17) is 5.11 Å². The molecular weight excluding hydrogens is 274 g/mol. The van der Waals surface area contributed by atoms with Crippen molar-refractivity contribution in [2.75, 3.05) is 39.8 Å². The van der Waals surface area contributed by atoms with Gasteiger partial charge in [0.15, 0.2) is 0 Å². The van der Waals surface area contributed by atoms with Crippen LogP contribution in [0.15, 0.2) is 12.4 Å². The number of urea groups is 1. The van der Waals surface area contributed by atoms with Gasteiger partial charge in [-0.25, -0.2) is 4.79 Å². The molecule has 1 saturated heterocycles. The van der Waals surface area contributed by atoms with E-state index >= 15 is 0 Å². The van der Waals surface area contributed by atoms with Crippen LogP contribution < -0.4 is 0 Å². The van der Waals surface area contributed by atoms with Crippen LogP contribution in [0.25, 0.3) is 0 Å². The maximum absolute atomic E-state index is 12.3. The Labute approximate surface area is 123 Å². The Hall–Kier alpha value is -2.09. The van der Waals surface area contributed by atoms with Crippen molar-refractivity contribution in [2.24, 2.45) is 0 Å². The van der Waals surface area contributed by atoms with Gasteiger partial charge in [0, 0.05) is 51.5 Å². The maximum Gasteiger partial charge on any atom is 0.320 e. The maximum atomic E-state index is 12.3. The summed E-state index contributed by atoms with van der Waals surface area (Å²) in [4.78, 5) is 28.4. The zero-order chi connectivity index (χ0) is 15.2. The fourth-order valence-corrected chi connectivity index (χ4v) is 2.36. The number of carboxylic acids is 1. The number of hydrogen-bond donors (Lipinski definition) is 2. The van der Waals surface area contributed by atoms with Crippen molar-refractivity contribution in [3.05, 3.63) is 18.0 Å². The van der Waals surface area contributed by atoms with Crippen LogP contribution in [0.1, 0.15) is 12.0 Å². The number of aromatic nitrogens is 2. The SMILES string of the molecule is CN(Cc1cn[nH]c1)C(=O)N1CCN(CCC(=O)O)CC1. The zero-order valence-electron chi connectivity index (χ0n) is 12.2. The van der Waals surface area contributed by atoms with Crippen LogP contribution in [0.5, 0.6) is 0 Å². The first kappa shape index (κ1) is 15.3. The molecule has 0 unspecified atom stereocenters. The average Bonchev–Trinajstić information content (AvgIpc) is 2.97. The summed E-state index contributed by atoms with van der Waals surface area (Å²) in [7, 11) is 1.77. The number of piperazine rings is 1. The van der Waals surface area contributed by atoms with E-state index in [1.807, 2.05) is 0 Å². The molecule has 0 spiro atoms. The lowest BCUT2D eigenvalue weighted by atomic mass is 10.3. The first-order valence-corrected chi connectivity index (χ1v) is 6.98. The van der Waals surface area contributed by atoms with Gasteiger partial charge in [-0.3, -0.25) is 14.8 Å². The number of aromatic amines is 1. The van der Waals surface area contributed by atoms with E-state index in [1.165, 1.54) is 0 Å². The van der Waals surface area contributed by atoms with Gasteiger partial charge in [-0.2, -0.15) is 5.10 Å². The summed E-state index contributed by atoms with van der Waals surface area (Å²) in [6.07, 6.45) is 3.62. The quantitative estimate of drug-likeness (QED) is 0.801. The second-order valence-corrected chi connectivity index (χ2v) is 5.22. The average molecular weight is 295 g/mol. The zero-order valence-corrected chi connectivity index (χ0v) is 12.2. The number of carboxylic acid groups (broad SMARTS) is 1. The molecule has 21 heavy (non-hydrogen) atoms. The predicted molar refractivity (Wildman–Crippen MR) is 75.7 cm³/mol. The summed E-state index contributed by atoms with van der Waals surface area (Å²) >= 11 is 0. The van der Waals surface area contributed by atoms with E-state index in [0.717, 1.165) is 18.7 Å². The van der Waals surface area contributed by atoms with Crippen molar-refractivity contribution < 1.29 is 14.7 Å². The van der Waals surface area contributed by atoms with Crippen molar-refractivity contribution in [2.45, 2.75) is 13.0 Å². The van der Waals surface area contributed by atoms with Gasteiger partial charge in [0.25, 0.3) is 0 Å². The molecule has 0 saturated carbocycles. The van der Waals surface area contributed by atoms with Crippen LogP contribution in [0.2, 0.25) is 0 Å². The minimum atomic E-state index is -0.784. The fourth-order valence-electron chi connectivity index (χ4n) is 2.36. The second-order valence-electron chi connectivity index (χ2n) is 5.22. The third kappa shape index (κ3) is 4.45. The van der Waals surface area contributed by atoms with Crippen LogP contribution in [0.3, 0.4) is 0 Å². The molecule has 8 heteroatoms. The highest BCUT2D eigenvalue weighted by Gasteiger charge is 2.23. The van der Waals surface area contributed by atoms with Gasteiger partial charge in [0.2, 0.25) is 0 Å². The van der Waals surface area contributed by atoms with Gasteiger partial charge in [-0.1, -0.05) is 0 Å². The monoisotopic (exact) mass is 295 g/mol. The lowest BCUT2D eigenvalue weighted by Gasteiger charge is -2.36. The third-order valence-electron chi connectivity index (χ3n) is 3.59. The van der Waals surface area contributed by atoms with Crippen LogP contribution in [-0.4, -0.2) is 81.8 Å². The van der Waals surface area contributed by atoms with Crippen molar-refractivity contribution >= 4 is 12.0 Å². The minimum Gasteiger partial charge on any atom is -0.481 e. The van der Waals surface area contributed by atoms with Crippen LogP contribution in [0.4, 0.5) is 4.79 Å². The molecule has 2 amide bonds. The number of H-pyrrole nitrogens is 1. The number of carbonyl (C=O) groups is 2. The number of amides is 2. The second kappa shape index (κ2) is 7.07. The molecule has 1 aliphatic heterocycles. The molecule has 0 bridgehead atoms. The number of rotatable bonds is 5. The molecule has 0 radical (unpaired) electrons. The minimum absolute atomic E-state index is 0.00548. The third-order valence-corrected chi connectivity index (χ3v) is 3.59. The van der Waals surface area contributed by atoms with Gasteiger partial charge in [-0.15, -0.1) is 0 Å². The van der Waals surface area contributed by atoms with Crippen LogP contribution in [-0.2, 0) is 11.3 Å². The largest absolute Gasteiger partial charge is 0.481 e. The van der Waals surface area contributed by atoms with Gasteiger partial charge in [0.05, 0.1) is 19.2 Å². The molecular formula is C13H21N5O3. The highest BCUT2D eigenvalue weighted by Crippen LogP contribution is 2.08. The van der Waals surface area contributed by atoms with E-state index in [0.29, 0.717) is 26.2 Å². The van der Waals surface area contributed by atoms with Crippen molar-refractivity contribution in [3.63, 3.8) is 0 Å². The predicted octanol–water partition coefficient (Wildman–Crippen LogP) is 0.0538. The molecule has 1 aliphatic rings. The normalized spacial score (nSPS) is 16.0. The Kier molecular flexibility index (Phi) is 5.15. The highest BCUT2D eigenvalue weighted by molar-refractivity contribution is 5.74. The van der Waals surface area contributed by atoms with E-state index in [9.17, 15) is 9.59 Å². The Bertz CT molecular complexity index is 468. The number of nitrogens with zero attached hydrogens (tertiary/aromatic N) is 4. The standard InChI is InChI=1S/C13H21N5O3/c1-16(10-11-8-14-15-9-11)13(21)18-6-4-17(5-7-18)3-2-12(19)20/h8-9H,2-7,10H2,1H3,(H,14,15)(H,19,20). The molecule has 8 nitrogen and oxygen atoms in total. The molecule has 1 fully saturated rings. The van der Waals surface area contributed by atoms with E-state index in [-0.39, 0.29) is 12.5 Å². The molecule has 2 rings (SSSR count). The molecule has 0 atom stereocenters. The van der Waals surface area contributed by atoms with E-state index in [1.54, 1.807) is 29.2 Å². The Balaban J connectivity index is 1.76. The van der Waals surface area contributed by atoms with E-state index < -0.39 is 5.97 Å². The molecule has 2 heterocycles. The first-order valence-electron chi connectivity index (χ1n) is 6.98. The molecule has 1 aromatic rings. The Morgan fingerprint density at radius 1 is 1.38 bits per heavy atom. The lowest BCUT2D eigenvalue weighted by molar-refractivity contribution is -0.137. The Morgan fingerprint density at radius 2 is 2.10 bits per heavy atom. The molecule has 0 aliphatic carbocycles. The van der Waals surface area contributed by atoms with Gasteiger partial charge < -0.3 is 14.9 Å².